The lowest BCUT2D eigenvalue weighted by molar-refractivity contribution is 0.104. The van der Waals surface area contributed by atoms with Crippen molar-refractivity contribution in [1.29, 1.82) is 0 Å². The second-order valence-electron chi connectivity index (χ2n) is 5.75. The molecule has 3 nitrogen and oxygen atoms in total. The number of hydrogen-bond donors (Lipinski definition) is 1. The van der Waals surface area contributed by atoms with E-state index in [1.807, 2.05) is 30.3 Å². The molecule has 19 heavy (non-hydrogen) atoms. The molecule has 1 N–H and O–H groups in total. The molecule has 1 aromatic carbocycles. The number of aliphatic hydroxyl groups excluding tert-OH is 1. The fourth-order valence-electron chi connectivity index (χ4n) is 2.85. The van der Waals surface area contributed by atoms with E-state index in [-0.39, 0.29) is 6.10 Å². The monoisotopic (exact) mass is 262 g/mol. The lowest BCUT2D eigenvalue weighted by atomic mass is 10.0. The molecule has 0 aliphatic carbocycles. The Hall–Kier alpha value is -0.900. The summed E-state index contributed by atoms with van der Waals surface area (Å²) in [5.41, 5.74) is 1.02. The summed E-state index contributed by atoms with van der Waals surface area (Å²) in [7, 11) is 4.38. The molecule has 1 aliphatic rings. The zero-order chi connectivity index (χ0) is 13.7. The van der Waals surface area contributed by atoms with Crippen LogP contribution in [0.15, 0.2) is 30.3 Å². The van der Waals surface area contributed by atoms with Gasteiger partial charge < -0.3 is 14.9 Å². The molecule has 0 amide bonds. The Morgan fingerprint density at radius 1 is 1.37 bits per heavy atom. The van der Waals surface area contributed by atoms with E-state index in [9.17, 15) is 5.11 Å². The van der Waals surface area contributed by atoms with Crippen molar-refractivity contribution in [1.82, 2.24) is 9.80 Å². The van der Waals surface area contributed by atoms with E-state index in [1.165, 1.54) is 19.4 Å². The summed E-state index contributed by atoms with van der Waals surface area (Å²) < 4.78 is 0. The molecule has 0 radical (unpaired) electrons. The summed E-state index contributed by atoms with van der Waals surface area (Å²) in [6, 6.07) is 10.6. The maximum atomic E-state index is 10.2. The van der Waals surface area contributed by atoms with Crippen LogP contribution in [0.25, 0.3) is 0 Å². The average molecular weight is 262 g/mol. The van der Waals surface area contributed by atoms with E-state index in [4.69, 9.17) is 0 Å². The Bertz CT molecular complexity index is 368. The van der Waals surface area contributed by atoms with E-state index in [2.05, 4.69) is 23.9 Å². The predicted molar refractivity (Wildman–Crippen MR) is 79.2 cm³/mol. The van der Waals surface area contributed by atoms with Gasteiger partial charge in [-0.05, 0) is 45.5 Å². The summed E-state index contributed by atoms with van der Waals surface area (Å²) in [5.74, 6) is 0. The third kappa shape index (κ3) is 4.30. The minimum Gasteiger partial charge on any atom is -0.388 e. The number of hydrogen-bond acceptors (Lipinski definition) is 3. The first kappa shape index (κ1) is 14.5. The van der Waals surface area contributed by atoms with Gasteiger partial charge in [-0.15, -0.1) is 0 Å². The Morgan fingerprint density at radius 2 is 2.11 bits per heavy atom. The summed E-state index contributed by atoms with van der Waals surface area (Å²) in [6.07, 6.45) is 3.03. The van der Waals surface area contributed by atoms with Gasteiger partial charge in [0.2, 0.25) is 0 Å². The lowest BCUT2D eigenvalue weighted by Gasteiger charge is -2.36. The van der Waals surface area contributed by atoms with Gasteiger partial charge in [0.1, 0.15) is 0 Å². The molecule has 2 atom stereocenters. The summed E-state index contributed by atoms with van der Waals surface area (Å²) in [6.45, 7) is 3.32. The quantitative estimate of drug-likeness (QED) is 0.880. The van der Waals surface area contributed by atoms with Gasteiger partial charge in [-0.3, -0.25) is 0 Å². The average Bonchev–Trinajstić information content (AvgIpc) is 2.45. The molecule has 0 aromatic heterocycles. The van der Waals surface area contributed by atoms with E-state index < -0.39 is 0 Å². The first-order valence-electron chi connectivity index (χ1n) is 7.28. The number of benzene rings is 1. The maximum absolute atomic E-state index is 10.2. The number of nitrogens with zero attached hydrogens (tertiary/aromatic N) is 2. The van der Waals surface area contributed by atoms with Crippen molar-refractivity contribution in [2.24, 2.45) is 0 Å². The van der Waals surface area contributed by atoms with Crippen LogP contribution in [0, 0.1) is 0 Å². The van der Waals surface area contributed by atoms with Gasteiger partial charge in [0.15, 0.2) is 0 Å². The van der Waals surface area contributed by atoms with Crippen LogP contribution in [0.1, 0.15) is 30.9 Å². The van der Waals surface area contributed by atoms with E-state index in [0.717, 1.165) is 25.1 Å². The highest BCUT2D eigenvalue weighted by atomic mass is 16.3. The molecule has 0 spiro atoms. The van der Waals surface area contributed by atoms with Crippen molar-refractivity contribution in [2.75, 3.05) is 33.7 Å². The fourth-order valence-corrected chi connectivity index (χ4v) is 2.85. The lowest BCUT2D eigenvalue weighted by Crippen LogP contribution is -2.45. The Labute approximate surface area is 116 Å². The number of likely N-dealkylation sites (N-methyl/N-ethyl adjacent to an activating group) is 2. The summed E-state index contributed by atoms with van der Waals surface area (Å²) >= 11 is 0. The summed E-state index contributed by atoms with van der Waals surface area (Å²) in [5, 5.41) is 10.2. The number of rotatable bonds is 5. The first-order valence-corrected chi connectivity index (χ1v) is 7.28. The number of piperidine rings is 1. The van der Waals surface area contributed by atoms with Gasteiger partial charge in [-0.1, -0.05) is 30.3 Å². The zero-order valence-electron chi connectivity index (χ0n) is 12.1. The topological polar surface area (TPSA) is 26.7 Å². The predicted octanol–water partition coefficient (Wildman–Crippen LogP) is 2.14. The molecule has 0 bridgehead atoms. The summed E-state index contributed by atoms with van der Waals surface area (Å²) in [4.78, 5) is 4.81. The maximum Gasteiger partial charge on any atom is 0.0802 e. The second-order valence-corrected chi connectivity index (χ2v) is 5.75. The highest BCUT2D eigenvalue weighted by Gasteiger charge is 2.21. The van der Waals surface area contributed by atoms with Crippen LogP contribution >= 0.6 is 0 Å². The molecule has 1 aliphatic heterocycles. The minimum atomic E-state index is -0.343. The zero-order valence-corrected chi connectivity index (χ0v) is 12.1. The van der Waals surface area contributed by atoms with Crippen molar-refractivity contribution in [3.05, 3.63) is 35.9 Å². The molecule has 2 rings (SSSR count). The molecular formula is C16H26N2O. The normalized spacial score (nSPS) is 22.6. The smallest absolute Gasteiger partial charge is 0.0802 e. The van der Waals surface area contributed by atoms with Crippen LogP contribution in [0.2, 0.25) is 0 Å². The van der Waals surface area contributed by atoms with Crippen LogP contribution in [0.5, 0.6) is 0 Å². The Kier molecular flexibility index (Phi) is 5.37. The molecule has 2 unspecified atom stereocenters. The number of aliphatic hydroxyl groups is 1. The van der Waals surface area contributed by atoms with Crippen molar-refractivity contribution >= 4 is 0 Å². The second kappa shape index (κ2) is 7.04. The van der Waals surface area contributed by atoms with Crippen LogP contribution in [-0.4, -0.2) is 54.7 Å². The third-order valence-electron chi connectivity index (χ3n) is 4.16. The van der Waals surface area contributed by atoms with Gasteiger partial charge in [-0.2, -0.15) is 0 Å². The van der Waals surface area contributed by atoms with E-state index in [1.54, 1.807) is 0 Å². The molecule has 1 aromatic rings. The van der Waals surface area contributed by atoms with Gasteiger partial charge in [0, 0.05) is 19.1 Å². The van der Waals surface area contributed by atoms with Gasteiger partial charge in [-0.25, -0.2) is 0 Å². The van der Waals surface area contributed by atoms with Crippen LogP contribution in [0.4, 0.5) is 0 Å². The molecule has 1 fully saturated rings. The van der Waals surface area contributed by atoms with E-state index in [0.29, 0.717) is 6.04 Å². The standard InChI is InChI=1S/C16H26N2O/c1-17-11-6-9-15(13-17)18(2)12-10-16(19)14-7-4-3-5-8-14/h3-5,7-8,15-16,19H,6,9-13H2,1-2H3. The molecule has 1 heterocycles. The molecular weight excluding hydrogens is 236 g/mol. The SMILES string of the molecule is CN1CCCC(N(C)CCC(O)c2ccccc2)C1. The number of likely N-dealkylation sites (tertiary alicyclic amines) is 1. The third-order valence-corrected chi connectivity index (χ3v) is 4.16. The van der Waals surface area contributed by atoms with Crippen LogP contribution < -0.4 is 0 Å². The van der Waals surface area contributed by atoms with Gasteiger partial charge >= 0.3 is 0 Å². The van der Waals surface area contributed by atoms with E-state index >= 15 is 0 Å². The molecule has 106 valence electrons. The molecule has 1 saturated heterocycles. The van der Waals surface area contributed by atoms with Crippen molar-refractivity contribution in [3.63, 3.8) is 0 Å². The Balaban J connectivity index is 1.78. The minimum absolute atomic E-state index is 0.343. The Morgan fingerprint density at radius 3 is 2.79 bits per heavy atom. The van der Waals surface area contributed by atoms with Crippen molar-refractivity contribution in [3.8, 4) is 0 Å². The van der Waals surface area contributed by atoms with Gasteiger partial charge in [0.05, 0.1) is 6.10 Å². The van der Waals surface area contributed by atoms with Crippen molar-refractivity contribution < 1.29 is 5.11 Å². The highest BCUT2D eigenvalue weighted by Crippen LogP contribution is 2.18. The van der Waals surface area contributed by atoms with Gasteiger partial charge in [0.25, 0.3) is 0 Å². The first-order chi connectivity index (χ1) is 9.16. The van der Waals surface area contributed by atoms with Crippen LogP contribution in [0.3, 0.4) is 0 Å². The highest BCUT2D eigenvalue weighted by molar-refractivity contribution is 5.17. The molecule has 3 heteroatoms. The largest absolute Gasteiger partial charge is 0.388 e. The molecule has 0 saturated carbocycles. The van der Waals surface area contributed by atoms with Crippen LogP contribution in [-0.2, 0) is 0 Å². The fraction of sp³-hybridized carbons (Fsp3) is 0.625. The van der Waals surface area contributed by atoms with Crippen molar-refractivity contribution in [2.45, 2.75) is 31.4 Å².